The number of nitrogens with one attached hydrogen (secondary N) is 2. The van der Waals surface area contributed by atoms with Crippen molar-refractivity contribution in [1.82, 2.24) is 20.0 Å². The number of halogens is 1. The number of rotatable bonds is 4. The minimum absolute atomic E-state index is 0.578. The number of benzene rings is 2. The fraction of sp³-hybridized carbons (Fsp3) is 0.136. The molecular weight excluding hydrogens is 444 g/mol. The molecule has 0 aliphatic carbocycles. The molecule has 32 heavy (non-hydrogen) atoms. The van der Waals surface area contributed by atoms with Crippen molar-refractivity contribution in [3.63, 3.8) is 0 Å². The number of hydrogen-bond donors (Lipinski definition) is 3. The third kappa shape index (κ3) is 3.91. The van der Waals surface area contributed by atoms with Crippen LogP contribution in [0.2, 0.25) is 5.02 Å². The average molecular weight is 465 g/mol. The lowest BCUT2D eigenvalue weighted by molar-refractivity contribution is 0.274. The first-order chi connectivity index (χ1) is 15.4. The van der Waals surface area contributed by atoms with E-state index in [-0.39, 0.29) is 0 Å². The second-order valence-corrected chi connectivity index (χ2v) is 8.94. The molecule has 5 rings (SSSR count). The summed E-state index contributed by atoms with van der Waals surface area (Å²) in [5, 5.41) is 6.52. The maximum Gasteiger partial charge on any atom is 0.208 e. The van der Waals surface area contributed by atoms with Crippen LogP contribution in [0.15, 0.2) is 87.3 Å². The van der Waals surface area contributed by atoms with E-state index < -0.39 is 5.79 Å². The van der Waals surface area contributed by atoms with Crippen LogP contribution in [0.25, 0.3) is 0 Å². The Morgan fingerprint density at radius 2 is 2.09 bits per heavy atom. The standard InChI is InChI=1S/C22H21ClN8S/c1-14-4-3-5-16(12-14)27-19-20-28-22(24,29-31(20)11-9-25-19)15-6-7-18(17(23)13-15)32-21-26-8-10-30(21)2/h3-13,29H,24H2,1-2H3,(H,25,27). The maximum absolute atomic E-state index is 6.66. The molecule has 0 radical (unpaired) electrons. The van der Waals surface area contributed by atoms with Crippen LogP contribution in [0.4, 0.5) is 5.69 Å². The Balaban J connectivity index is 1.41. The molecule has 10 heteroatoms. The molecule has 0 saturated heterocycles. The number of hydrogen-bond acceptors (Lipinski definition) is 8. The third-order valence-electron chi connectivity index (χ3n) is 5.06. The van der Waals surface area contributed by atoms with Crippen LogP contribution < -0.4 is 16.5 Å². The van der Waals surface area contributed by atoms with Crippen LogP contribution in [-0.2, 0) is 12.8 Å². The number of fused-ring (bicyclic) bond motifs is 1. The largest absolute Gasteiger partial charge is 0.337 e. The minimum Gasteiger partial charge on any atom is -0.337 e. The average Bonchev–Trinajstić information content (AvgIpc) is 3.33. The summed E-state index contributed by atoms with van der Waals surface area (Å²) in [4.78, 5) is 14.4. The summed E-state index contributed by atoms with van der Waals surface area (Å²) in [5.74, 6) is 0.0138. The van der Waals surface area contributed by atoms with Gasteiger partial charge in [0.15, 0.2) is 16.8 Å². The Kier molecular flexibility index (Phi) is 5.26. The second-order valence-electron chi connectivity index (χ2n) is 7.52. The molecule has 0 spiro atoms. The van der Waals surface area contributed by atoms with Gasteiger partial charge in [-0.05, 0) is 36.8 Å². The fourth-order valence-electron chi connectivity index (χ4n) is 3.44. The highest BCUT2D eigenvalue weighted by Gasteiger charge is 2.39. The number of aliphatic imine (C=N–C) groups is 2. The molecule has 0 bridgehead atoms. The third-order valence-corrected chi connectivity index (χ3v) is 6.64. The lowest BCUT2D eigenvalue weighted by Gasteiger charge is -2.25. The number of hydrazine groups is 1. The minimum atomic E-state index is -1.19. The number of nitrogens with zero attached hydrogens (tertiary/aromatic N) is 5. The summed E-state index contributed by atoms with van der Waals surface area (Å²) in [6.07, 6.45) is 7.12. The Bertz CT molecular complexity index is 1280. The van der Waals surface area contributed by atoms with Crippen LogP contribution in [-0.4, -0.2) is 26.2 Å². The molecule has 0 amide bonds. The van der Waals surface area contributed by atoms with Crippen LogP contribution in [0, 0.1) is 6.92 Å². The zero-order valence-electron chi connectivity index (χ0n) is 17.5. The predicted octanol–water partition coefficient (Wildman–Crippen LogP) is 3.82. The van der Waals surface area contributed by atoms with Crippen molar-refractivity contribution < 1.29 is 0 Å². The molecule has 8 nitrogen and oxygen atoms in total. The first-order valence-corrected chi connectivity index (χ1v) is 11.1. The van der Waals surface area contributed by atoms with Gasteiger partial charge < -0.3 is 9.88 Å². The quantitative estimate of drug-likeness (QED) is 0.543. The van der Waals surface area contributed by atoms with Crippen LogP contribution >= 0.6 is 23.4 Å². The van der Waals surface area contributed by atoms with Crippen LogP contribution in [0.3, 0.4) is 0 Å². The van der Waals surface area contributed by atoms with Crippen molar-refractivity contribution in [2.45, 2.75) is 22.8 Å². The molecule has 0 saturated carbocycles. The van der Waals surface area contributed by atoms with E-state index in [0.29, 0.717) is 16.7 Å². The smallest absolute Gasteiger partial charge is 0.208 e. The lowest BCUT2D eigenvalue weighted by atomic mass is 10.1. The van der Waals surface area contributed by atoms with Gasteiger partial charge in [0.1, 0.15) is 0 Å². The van der Waals surface area contributed by atoms with Gasteiger partial charge in [0.25, 0.3) is 0 Å². The molecular formula is C22H21ClN8S. The van der Waals surface area contributed by atoms with Crippen molar-refractivity contribution >= 4 is 40.7 Å². The highest BCUT2D eigenvalue weighted by molar-refractivity contribution is 7.99. The second kappa shape index (κ2) is 8.10. The monoisotopic (exact) mass is 464 g/mol. The number of imidazole rings is 1. The van der Waals surface area contributed by atoms with Crippen molar-refractivity contribution in [3.05, 3.63) is 83.4 Å². The van der Waals surface area contributed by atoms with Gasteiger partial charge in [0, 0.05) is 48.0 Å². The van der Waals surface area contributed by atoms with Crippen LogP contribution in [0.5, 0.6) is 0 Å². The van der Waals surface area contributed by atoms with E-state index in [0.717, 1.165) is 26.9 Å². The van der Waals surface area contributed by atoms with Crippen molar-refractivity contribution in [3.8, 4) is 0 Å². The van der Waals surface area contributed by atoms with E-state index in [4.69, 9.17) is 22.3 Å². The highest BCUT2D eigenvalue weighted by Crippen LogP contribution is 2.35. The summed E-state index contributed by atoms with van der Waals surface area (Å²) in [6, 6.07) is 13.7. The van der Waals surface area contributed by atoms with E-state index >= 15 is 0 Å². The summed E-state index contributed by atoms with van der Waals surface area (Å²) in [7, 11) is 1.94. The molecule has 2 aromatic carbocycles. The molecule has 2 aliphatic rings. The van der Waals surface area contributed by atoms with Gasteiger partial charge in [-0.2, -0.15) is 5.43 Å². The highest BCUT2D eigenvalue weighted by atomic mass is 35.5. The first kappa shape index (κ1) is 20.8. The van der Waals surface area contributed by atoms with Crippen molar-refractivity contribution in [2.75, 3.05) is 5.32 Å². The predicted molar refractivity (Wildman–Crippen MR) is 128 cm³/mol. The molecule has 1 unspecified atom stereocenters. The van der Waals surface area contributed by atoms with Gasteiger partial charge in [-0.25, -0.2) is 15.0 Å². The van der Waals surface area contributed by atoms with E-state index in [9.17, 15) is 0 Å². The molecule has 3 aromatic rings. The summed E-state index contributed by atoms with van der Waals surface area (Å²) in [6.45, 7) is 2.04. The van der Waals surface area contributed by atoms with E-state index in [2.05, 4.69) is 20.7 Å². The Labute approximate surface area is 194 Å². The zero-order chi connectivity index (χ0) is 22.3. The maximum atomic E-state index is 6.66. The fourth-order valence-corrected chi connectivity index (χ4v) is 4.54. The molecule has 0 fully saturated rings. The zero-order valence-corrected chi connectivity index (χ0v) is 19.0. The Morgan fingerprint density at radius 3 is 2.84 bits per heavy atom. The summed E-state index contributed by atoms with van der Waals surface area (Å²) in [5.41, 5.74) is 12.7. The summed E-state index contributed by atoms with van der Waals surface area (Å²) < 4.78 is 1.94. The van der Waals surface area contributed by atoms with Gasteiger partial charge in [-0.3, -0.25) is 10.7 Å². The number of aromatic nitrogens is 2. The topological polar surface area (TPSA) is 95.9 Å². The van der Waals surface area contributed by atoms with E-state index in [1.165, 1.54) is 11.8 Å². The summed E-state index contributed by atoms with van der Waals surface area (Å²) >= 11 is 8.08. The molecule has 1 atom stereocenters. The number of aryl methyl sites for hydroxylation is 2. The molecule has 2 aliphatic heterocycles. The Hall–Kier alpha value is -3.11. The number of anilines is 1. The van der Waals surface area contributed by atoms with Crippen LogP contribution in [0.1, 0.15) is 11.1 Å². The lowest BCUT2D eigenvalue weighted by Crippen LogP contribution is -2.51. The van der Waals surface area contributed by atoms with Gasteiger partial charge in [0.2, 0.25) is 5.79 Å². The van der Waals surface area contributed by atoms with Gasteiger partial charge in [-0.1, -0.05) is 41.6 Å². The van der Waals surface area contributed by atoms with E-state index in [1.807, 2.05) is 67.2 Å². The molecule has 1 aromatic heterocycles. The van der Waals surface area contributed by atoms with Crippen molar-refractivity contribution in [2.24, 2.45) is 22.8 Å². The molecule has 4 N–H and O–H groups in total. The Morgan fingerprint density at radius 1 is 1.22 bits per heavy atom. The van der Waals surface area contributed by atoms with Gasteiger partial charge >= 0.3 is 0 Å². The number of amidine groups is 2. The van der Waals surface area contributed by atoms with Crippen molar-refractivity contribution in [1.29, 1.82) is 0 Å². The molecule has 3 heterocycles. The first-order valence-electron chi connectivity index (χ1n) is 9.91. The van der Waals surface area contributed by atoms with Gasteiger partial charge in [0.05, 0.1) is 5.02 Å². The SMILES string of the molecule is Cc1cccc(NC2=NC=CN3NC(N)(c4ccc(Sc5nccn5C)c(Cl)c4)N=C23)c1. The normalized spacial score (nSPS) is 19.6. The number of nitrogens with two attached hydrogens (primary N) is 1. The molecule has 162 valence electrons. The van der Waals surface area contributed by atoms with E-state index in [1.54, 1.807) is 23.6 Å². The van der Waals surface area contributed by atoms with Gasteiger partial charge in [-0.15, -0.1) is 0 Å².